The van der Waals surface area contributed by atoms with E-state index in [9.17, 15) is 4.79 Å². The Morgan fingerprint density at radius 1 is 1.30 bits per heavy atom. The standard InChI is InChI=1S/C15H16N4O/c1-11-10-12(6-7-16-11)17-8-9-19-14-5-3-2-4-13(14)18-15(19)20/h2-7,10H,8-9H2,1H3,(H,16,17)(H,18,20). The molecule has 0 aliphatic heterocycles. The largest absolute Gasteiger partial charge is 0.383 e. The van der Waals surface area contributed by atoms with Gasteiger partial charge in [-0.15, -0.1) is 0 Å². The molecule has 0 fully saturated rings. The number of para-hydroxylation sites is 2. The van der Waals surface area contributed by atoms with Gasteiger partial charge in [-0.3, -0.25) is 9.55 Å². The molecule has 5 nitrogen and oxygen atoms in total. The molecule has 0 bridgehead atoms. The van der Waals surface area contributed by atoms with Gasteiger partial charge in [-0.2, -0.15) is 0 Å². The van der Waals surface area contributed by atoms with Crippen LogP contribution in [0.2, 0.25) is 0 Å². The predicted octanol–water partition coefficient (Wildman–Crippen LogP) is 2.15. The number of hydrogen-bond acceptors (Lipinski definition) is 3. The average molecular weight is 268 g/mol. The topological polar surface area (TPSA) is 62.7 Å². The van der Waals surface area contributed by atoms with Crippen LogP contribution < -0.4 is 11.0 Å². The van der Waals surface area contributed by atoms with Crippen LogP contribution in [0.5, 0.6) is 0 Å². The van der Waals surface area contributed by atoms with E-state index in [1.807, 2.05) is 43.3 Å². The normalized spacial score (nSPS) is 10.8. The van der Waals surface area contributed by atoms with Crippen LogP contribution in [0, 0.1) is 6.92 Å². The Hall–Kier alpha value is -2.56. The SMILES string of the molecule is Cc1cc(NCCn2c(=O)[nH]c3ccccc32)ccn1. The molecule has 2 aromatic heterocycles. The lowest BCUT2D eigenvalue weighted by atomic mass is 10.3. The highest BCUT2D eigenvalue weighted by molar-refractivity contribution is 5.74. The molecule has 20 heavy (non-hydrogen) atoms. The average Bonchev–Trinajstić information content (AvgIpc) is 2.75. The summed E-state index contributed by atoms with van der Waals surface area (Å²) in [6.07, 6.45) is 1.77. The number of pyridine rings is 1. The van der Waals surface area contributed by atoms with Crippen molar-refractivity contribution in [3.8, 4) is 0 Å². The van der Waals surface area contributed by atoms with E-state index in [0.717, 1.165) is 22.4 Å². The first kappa shape index (κ1) is 12.5. The van der Waals surface area contributed by atoms with E-state index in [-0.39, 0.29) is 5.69 Å². The van der Waals surface area contributed by atoms with Gasteiger partial charge in [0.25, 0.3) is 0 Å². The summed E-state index contributed by atoms with van der Waals surface area (Å²) in [5.74, 6) is 0. The minimum atomic E-state index is -0.0705. The van der Waals surface area contributed by atoms with E-state index < -0.39 is 0 Å². The molecule has 0 spiro atoms. The molecule has 0 atom stereocenters. The van der Waals surface area contributed by atoms with E-state index >= 15 is 0 Å². The maximum Gasteiger partial charge on any atom is 0.326 e. The summed E-state index contributed by atoms with van der Waals surface area (Å²) in [4.78, 5) is 18.9. The summed E-state index contributed by atoms with van der Waals surface area (Å²) in [7, 11) is 0. The zero-order valence-electron chi connectivity index (χ0n) is 11.3. The van der Waals surface area contributed by atoms with Crippen molar-refractivity contribution >= 4 is 16.7 Å². The van der Waals surface area contributed by atoms with Gasteiger partial charge >= 0.3 is 5.69 Å². The van der Waals surface area contributed by atoms with Gasteiger partial charge < -0.3 is 10.3 Å². The number of nitrogens with zero attached hydrogens (tertiary/aromatic N) is 2. The van der Waals surface area contributed by atoms with Crippen LogP contribution >= 0.6 is 0 Å². The number of aromatic amines is 1. The lowest BCUT2D eigenvalue weighted by Gasteiger charge is -2.07. The van der Waals surface area contributed by atoms with Crippen LogP contribution in [0.15, 0.2) is 47.4 Å². The van der Waals surface area contributed by atoms with E-state index in [2.05, 4.69) is 15.3 Å². The second kappa shape index (κ2) is 5.21. The van der Waals surface area contributed by atoms with Gasteiger partial charge in [0, 0.05) is 30.7 Å². The van der Waals surface area contributed by atoms with Crippen molar-refractivity contribution in [2.45, 2.75) is 13.5 Å². The Morgan fingerprint density at radius 3 is 3.00 bits per heavy atom. The maximum atomic E-state index is 11.9. The number of H-pyrrole nitrogens is 1. The fourth-order valence-electron chi connectivity index (χ4n) is 2.30. The molecule has 3 aromatic rings. The second-order valence-electron chi connectivity index (χ2n) is 4.71. The van der Waals surface area contributed by atoms with Crippen LogP contribution in [0.4, 0.5) is 5.69 Å². The van der Waals surface area contributed by atoms with Crippen molar-refractivity contribution < 1.29 is 0 Å². The van der Waals surface area contributed by atoms with Crippen molar-refractivity contribution in [2.75, 3.05) is 11.9 Å². The highest BCUT2D eigenvalue weighted by Gasteiger charge is 2.04. The molecule has 0 aliphatic carbocycles. The minimum absolute atomic E-state index is 0.0705. The third-order valence-corrected chi connectivity index (χ3v) is 3.24. The molecule has 1 aromatic carbocycles. The molecular weight excluding hydrogens is 252 g/mol. The smallest absolute Gasteiger partial charge is 0.326 e. The molecule has 0 aliphatic rings. The molecule has 0 saturated carbocycles. The monoisotopic (exact) mass is 268 g/mol. The number of nitrogens with one attached hydrogen (secondary N) is 2. The molecular formula is C15H16N4O. The summed E-state index contributed by atoms with van der Waals surface area (Å²) in [6, 6.07) is 11.6. The van der Waals surface area contributed by atoms with Crippen molar-refractivity contribution in [2.24, 2.45) is 0 Å². The number of rotatable bonds is 4. The highest BCUT2D eigenvalue weighted by Crippen LogP contribution is 2.09. The van der Waals surface area contributed by atoms with Gasteiger partial charge in [-0.05, 0) is 31.2 Å². The predicted molar refractivity (Wildman–Crippen MR) is 80.0 cm³/mol. The molecule has 0 saturated heterocycles. The van der Waals surface area contributed by atoms with E-state index in [1.54, 1.807) is 10.8 Å². The van der Waals surface area contributed by atoms with Crippen LogP contribution in [-0.2, 0) is 6.54 Å². The molecule has 5 heteroatoms. The minimum Gasteiger partial charge on any atom is -0.383 e. The van der Waals surface area contributed by atoms with Gasteiger partial charge in [0.15, 0.2) is 0 Å². The van der Waals surface area contributed by atoms with E-state index in [0.29, 0.717) is 13.1 Å². The van der Waals surface area contributed by atoms with Crippen molar-refractivity contribution in [3.05, 3.63) is 58.8 Å². The van der Waals surface area contributed by atoms with Crippen molar-refractivity contribution in [1.82, 2.24) is 14.5 Å². The van der Waals surface area contributed by atoms with Gasteiger partial charge in [0.05, 0.1) is 11.0 Å². The number of benzene rings is 1. The third-order valence-electron chi connectivity index (χ3n) is 3.24. The molecule has 0 radical (unpaired) electrons. The zero-order valence-corrected chi connectivity index (χ0v) is 11.3. The number of fused-ring (bicyclic) bond motifs is 1. The van der Waals surface area contributed by atoms with Gasteiger partial charge in [0.2, 0.25) is 0 Å². The quantitative estimate of drug-likeness (QED) is 0.762. The molecule has 3 rings (SSSR count). The van der Waals surface area contributed by atoms with E-state index in [1.165, 1.54) is 0 Å². The van der Waals surface area contributed by atoms with Gasteiger partial charge in [0.1, 0.15) is 0 Å². The number of imidazole rings is 1. The zero-order chi connectivity index (χ0) is 13.9. The van der Waals surface area contributed by atoms with Gasteiger partial charge in [-0.25, -0.2) is 4.79 Å². The Labute approximate surface area is 116 Å². The summed E-state index contributed by atoms with van der Waals surface area (Å²) in [6.45, 7) is 3.25. The first-order chi connectivity index (χ1) is 9.74. The summed E-state index contributed by atoms with van der Waals surface area (Å²) < 4.78 is 1.75. The van der Waals surface area contributed by atoms with Crippen LogP contribution in [-0.4, -0.2) is 21.1 Å². The molecule has 102 valence electrons. The lowest BCUT2D eigenvalue weighted by molar-refractivity contribution is 0.721. The highest BCUT2D eigenvalue weighted by atomic mass is 16.1. The first-order valence-electron chi connectivity index (χ1n) is 6.58. The lowest BCUT2D eigenvalue weighted by Crippen LogP contribution is -2.21. The van der Waals surface area contributed by atoms with Gasteiger partial charge in [-0.1, -0.05) is 12.1 Å². The van der Waals surface area contributed by atoms with Crippen LogP contribution in [0.25, 0.3) is 11.0 Å². The fraction of sp³-hybridized carbons (Fsp3) is 0.200. The van der Waals surface area contributed by atoms with Crippen molar-refractivity contribution in [3.63, 3.8) is 0 Å². The number of hydrogen-bond donors (Lipinski definition) is 2. The molecule has 2 heterocycles. The number of aromatic nitrogens is 3. The second-order valence-corrected chi connectivity index (χ2v) is 4.71. The Bertz CT molecular complexity index is 788. The summed E-state index contributed by atoms with van der Waals surface area (Å²) >= 11 is 0. The third kappa shape index (κ3) is 2.42. The Morgan fingerprint density at radius 2 is 2.15 bits per heavy atom. The molecule has 0 unspecified atom stereocenters. The summed E-state index contributed by atoms with van der Waals surface area (Å²) in [5.41, 5.74) is 3.73. The van der Waals surface area contributed by atoms with E-state index in [4.69, 9.17) is 0 Å². The Balaban J connectivity index is 1.74. The number of anilines is 1. The first-order valence-corrected chi connectivity index (χ1v) is 6.58. The van der Waals surface area contributed by atoms with Crippen molar-refractivity contribution in [1.29, 1.82) is 0 Å². The fourth-order valence-corrected chi connectivity index (χ4v) is 2.30. The van der Waals surface area contributed by atoms with Crippen LogP contribution in [0.3, 0.4) is 0 Å². The molecule has 0 amide bonds. The Kier molecular flexibility index (Phi) is 3.25. The van der Waals surface area contributed by atoms with Crippen LogP contribution in [0.1, 0.15) is 5.69 Å². The summed E-state index contributed by atoms with van der Waals surface area (Å²) in [5, 5.41) is 3.30. The number of aryl methyl sites for hydroxylation is 1. The molecule has 2 N–H and O–H groups in total. The maximum absolute atomic E-state index is 11.9.